The van der Waals surface area contributed by atoms with Crippen LogP contribution in [0.1, 0.15) is 45.2 Å². The molecule has 0 aromatic carbocycles. The molecule has 1 atom stereocenters. The van der Waals surface area contributed by atoms with E-state index in [0.717, 1.165) is 31.6 Å². The van der Waals surface area contributed by atoms with E-state index in [9.17, 15) is 9.59 Å². The number of aromatic nitrogens is 2. The van der Waals surface area contributed by atoms with Crippen LogP contribution in [0.5, 0.6) is 0 Å². The molecule has 1 aliphatic heterocycles. The summed E-state index contributed by atoms with van der Waals surface area (Å²) in [5.74, 6) is -0.0162. The first kappa shape index (κ1) is 21.0. The van der Waals surface area contributed by atoms with E-state index in [1.54, 1.807) is 33.2 Å². The Hall–Kier alpha value is -2.68. The highest BCUT2D eigenvalue weighted by atomic mass is 32.1. The number of amides is 2. The highest BCUT2D eigenvalue weighted by molar-refractivity contribution is 7.13. The molecule has 1 unspecified atom stereocenters. The standard InChI is InChI=1S/C20H27N5O3S/c1-20(2,3)28-19(27)22-11-17(26)24-18-23-16(13-29-18)14-5-4-10-25(12-14)15-6-8-21-9-7-15/h6-9,13-14H,4-5,10-12H2,1-3H3,(H,22,27)(H,23,24,26). The van der Waals surface area contributed by atoms with Crippen LogP contribution in [-0.4, -0.2) is 47.2 Å². The van der Waals surface area contributed by atoms with Crippen LogP contribution in [0.3, 0.4) is 0 Å². The van der Waals surface area contributed by atoms with Crippen LogP contribution in [0.2, 0.25) is 0 Å². The summed E-state index contributed by atoms with van der Waals surface area (Å²) in [7, 11) is 0. The molecule has 0 aliphatic carbocycles. The first-order valence-electron chi connectivity index (χ1n) is 9.67. The highest BCUT2D eigenvalue weighted by Gasteiger charge is 2.24. The van der Waals surface area contributed by atoms with Gasteiger partial charge in [0.1, 0.15) is 12.1 Å². The third-order valence-electron chi connectivity index (χ3n) is 4.43. The molecule has 0 bridgehead atoms. The molecule has 2 N–H and O–H groups in total. The summed E-state index contributed by atoms with van der Waals surface area (Å²) in [6.45, 7) is 7.05. The number of carbonyl (C=O) groups excluding carboxylic acids is 2. The second-order valence-electron chi connectivity index (χ2n) is 7.97. The van der Waals surface area contributed by atoms with Gasteiger partial charge in [0, 0.05) is 42.5 Å². The number of thiazole rings is 1. The monoisotopic (exact) mass is 417 g/mol. The maximum Gasteiger partial charge on any atom is 0.408 e. The van der Waals surface area contributed by atoms with Crippen LogP contribution in [-0.2, 0) is 9.53 Å². The first-order chi connectivity index (χ1) is 13.8. The Bertz CT molecular complexity index is 834. The van der Waals surface area contributed by atoms with Crippen LogP contribution in [0, 0.1) is 0 Å². The van der Waals surface area contributed by atoms with E-state index in [-0.39, 0.29) is 12.5 Å². The number of pyridine rings is 1. The van der Waals surface area contributed by atoms with Crippen molar-refractivity contribution >= 4 is 34.2 Å². The maximum atomic E-state index is 12.1. The zero-order chi connectivity index (χ0) is 20.9. The van der Waals surface area contributed by atoms with Crippen LogP contribution in [0.25, 0.3) is 0 Å². The molecule has 2 aromatic heterocycles. The molecular weight excluding hydrogens is 390 g/mol. The van der Waals surface area contributed by atoms with Crippen molar-refractivity contribution in [3.8, 4) is 0 Å². The average molecular weight is 418 g/mol. The van der Waals surface area contributed by atoms with Gasteiger partial charge in [-0.3, -0.25) is 9.78 Å². The number of rotatable bonds is 5. The summed E-state index contributed by atoms with van der Waals surface area (Å²) in [6.07, 6.45) is 5.15. The number of ether oxygens (including phenoxy) is 1. The van der Waals surface area contributed by atoms with Crippen molar-refractivity contribution in [3.63, 3.8) is 0 Å². The smallest absolute Gasteiger partial charge is 0.408 e. The summed E-state index contributed by atoms with van der Waals surface area (Å²) in [5, 5.41) is 7.72. The molecule has 3 heterocycles. The molecular formula is C20H27N5O3S. The molecule has 1 aliphatic rings. The largest absolute Gasteiger partial charge is 0.444 e. The van der Waals surface area contributed by atoms with Crippen molar-refractivity contribution in [1.82, 2.24) is 15.3 Å². The van der Waals surface area contributed by atoms with Gasteiger partial charge in [0.05, 0.1) is 5.69 Å². The molecule has 1 fully saturated rings. The van der Waals surface area contributed by atoms with Gasteiger partial charge in [0.15, 0.2) is 5.13 Å². The van der Waals surface area contributed by atoms with Gasteiger partial charge in [0.25, 0.3) is 0 Å². The number of carbonyl (C=O) groups is 2. The Morgan fingerprint density at radius 2 is 2.07 bits per heavy atom. The molecule has 0 radical (unpaired) electrons. The van der Waals surface area contributed by atoms with Gasteiger partial charge in [0.2, 0.25) is 5.91 Å². The molecule has 0 saturated carbocycles. The van der Waals surface area contributed by atoms with Gasteiger partial charge >= 0.3 is 6.09 Å². The molecule has 2 amide bonds. The van der Waals surface area contributed by atoms with Gasteiger partial charge < -0.3 is 20.3 Å². The first-order valence-corrected chi connectivity index (χ1v) is 10.6. The van der Waals surface area contributed by atoms with E-state index in [1.165, 1.54) is 17.0 Å². The van der Waals surface area contributed by atoms with Gasteiger partial charge in [-0.15, -0.1) is 11.3 Å². The number of hydrogen-bond acceptors (Lipinski definition) is 7. The lowest BCUT2D eigenvalue weighted by Gasteiger charge is -2.33. The van der Waals surface area contributed by atoms with Crippen LogP contribution in [0.4, 0.5) is 15.6 Å². The zero-order valence-corrected chi connectivity index (χ0v) is 17.8. The lowest BCUT2D eigenvalue weighted by Crippen LogP contribution is -2.37. The Balaban J connectivity index is 1.51. The molecule has 2 aromatic rings. The fourth-order valence-corrected chi connectivity index (χ4v) is 3.98. The third kappa shape index (κ3) is 6.42. The Morgan fingerprint density at radius 1 is 1.31 bits per heavy atom. The average Bonchev–Trinajstić information content (AvgIpc) is 3.14. The fourth-order valence-electron chi connectivity index (χ4n) is 3.17. The lowest BCUT2D eigenvalue weighted by molar-refractivity contribution is -0.115. The quantitative estimate of drug-likeness (QED) is 0.774. The van der Waals surface area contributed by atoms with E-state index in [2.05, 4.69) is 25.5 Å². The van der Waals surface area contributed by atoms with Crippen molar-refractivity contribution < 1.29 is 14.3 Å². The lowest BCUT2D eigenvalue weighted by atomic mass is 9.95. The zero-order valence-electron chi connectivity index (χ0n) is 17.0. The highest BCUT2D eigenvalue weighted by Crippen LogP contribution is 2.31. The minimum Gasteiger partial charge on any atom is -0.444 e. The minimum atomic E-state index is -0.620. The molecule has 3 rings (SSSR count). The Morgan fingerprint density at radius 3 is 2.79 bits per heavy atom. The third-order valence-corrected chi connectivity index (χ3v) is 5.20. The SMILES string of the molecule is CC(C)(C)OC(=O)NCC(=O)Nc1nc(C2CCCN(c3ccncc3)C2)cs1. The normalized spacial score (nSPS) is 16.9. The van der Waals surface area contributed by atoms with Gasteiger partial charge in [-0.05, 0) is 45.7 Å². The summed E-state index contributed by atoms with van der Waals surface area (Å²) in [5.41, 5.74) is 1.56. The topological polar surface area (TPSA) is 96.4 Å². The molecule has 29 heavy (non-hydrogen) atoms. The summed E-state index contributed by atoms with van der Waals surface area (Å²) in [6, 6.07) is 4.04. The molecule has 9 heteroatoms. The van der Waals surface area contributed by atoms with Crippen LogP contribution < -0.4 is 15.5 Å². The minimum absolute atomic E-state index is 0.164. The van der Waals surface area contributed by atoms with E-state index in [1.807, 2.05) is 17.5 Å². The molecule has 1 saturated heterocycles. The summed E-state index contributed by atoms with van der Waals surface area (Å²) >= 11 is 1.40. The fraction of sp³-hybridized carbons (Fsp3) is 0.500. The number of nitrogens with one attached hydrogen (secondary N) is 2. The van der Waals surface area contributed by atoms with Crippen molar-refractivity contribution in [2.45, 2.75) is 45.1 Å². The molecule has 0 spiro atoms. The number of hydrogen-bond donors (Lipinski definition) is 2. The molecule has 8 nitrogen and oxygen atoms in total. The van der Waals surface area contributed by atoms with E-state index >= 15 is 0 Å². The van der Waals surface area contributed by atoms with Gasteiger partial charge in [-0.1, -0.05) is 0 Å². The van der Waals surface area contributed by atoms with Crippen molar-refractivity contribution in [1.29, 1.82) is 0 Å². The number of nitrogens with zero attached hydrogens (tertiary/aromatic N) is 3. The van der Waals surface area contributed by atoms with Gasteiger partial charge in [-0.25, -0.2) is 9.78 Å². The predicted molar refractivity (Wildman–Crippen MR) is 113 cm³/mol. The van der Waals surface area contributed by atoms with Gasteiger partial charge in [-0.2, -0.15) is 0 Å². The second-order valence-corrected chi connectivity index (χ2v) is 8.83. The van der Waals surface area contributed by atoms with E-state index in [0.29, 0.717) is 11.0 Å². The van der Waals surface area contributed by atoms with E-state index < -0.39 is 11.7 Å². The van der Waals surface area contributed by atoms with Crippen molar-refractivity contribution in [3.05, 3.63) is 35.6 Å². The van der Waals surface area contributed by atoms with Crippen molar-refractivity contribution in [2.24, 2.45) is 0 Å². The summed E-state index contributed by atoms with van der Waals surface area (Å²) < 4.78 is 5.12. The second kappa shape index (κ2) is 9.21. The maximum absolute atomic E-state index is 12.1. The Kier molecular flexibility index (Phi) is 6.68. The van der Waals surface area contributed by atoms with Crippen molar-refractivity contribution in [2.75, 3.05) is 29.9 Å². The predicted octanol–water partition coefficient (Wildman–Crippen LogP) is 3.39. The number of alkyl carbamates (subject to hydrolysis) is 1. The number of anilines is 2. The molecule has 156 valence electrons. The van der Waals surface area contributed by atoms with Crippen LogP contribution in [0.15, 0.2) is 29.9 Å². The van der Waals surface area contributed by atoms with E-state index in [4.69, 9.17) is 4.74 Å². The number of piperidine rings is 1. The summed E-state index contributed by atoms with van der Waals surface area (Å²) in [4.78, 5) is 34.7. The van der Waals surface area contributed by atoms with Crippen LogP contribution >= 0.6 is 11.3 Å². The Labute approximate surface area is 174 Å².